The Bertz CT molecular complexity index is 1550. The number of nitrogens with zero attached hydrogens (tertiary/aromatic N) is 5. The predicted molar refractivity (Wildman–Crippen MR) is 157 cm³/mol. The molecule has 1 aromatic heterocycles. The van der Waals surface area contributed by atoms with Crippen molar-refractivity contribution in [2.75, 3.05) is 31.1 Å². The number of rotatable bonds is 6. The van der Waals surface area contributed by atoms with Crippen LogP contribution in [0.3, 0.4) is 0 Å². The average Bonchev–Trinajstić information content (AvgIpc) is 3.53. The molecule has 2 unspecified atom stereocenters. The Labute approximate surface area is 263 Å². The van der Waals surface area contributed by atoms with Gasteiger partial charge in [-0.25, -0.2) is 4.79 Å². The van der Waals surface area contributed by atoms with E-state index in [4.69, 9.17) is 4.74 Å². The molecule has 1 spiro atoms. The van der Waals surface area contributed by atoms with Crippen molar-refractivity contribution in [1.82, 2.24) is 30.6 Å². The third kappa shape index (κ3) is 6.37. The number of hydrogen-bond acceptors (Lipinski definition) is 9. The number of ether oxygens (including phenoxy) is 1. The first-order valence-electron chi connectivity index (χ1n) is 15.2. The van der Waals surface area contributed by atoms with E-state index in [-0.39, 0.29) is 54.9 Å². The summed E-state index contributed by atoms with van der Waals surface area (Å²) in [6.07, 6.45) is -3.84. The lowest BCUT2D eigenvalue weighted by atomic mass is 9.79. The highest BCUT2D eigenvalue weighted by Crippen LogP contribution is 2.41. The number of amides is 4. The third-order valence-electron chi connectivity index (χ3n) is 8.86. The number of hydrogen-bond donors (Lipinski definition) is 2. The topological polar surface area (TPSA) is 137 Å². The minimum absolute atomic E-state index is 0.104. The van der Waals surface area contributed by atoms with Gasteiger partial charge in [0.1, 0.15) is 17.7 Å². The molecular formula is C31H36F3N7O5. The summed E-state index contributed by atoms with van der Waals surface area (Å²) in [5.41, 5.74) is 0.553. The van der Waals surface area contributed by atoms with Crippen molar-refractivity contribution >= 4 is 29.6 Å². The van der Waals surface area contributed by atoms with E-state index >= 15 is 0 Å². The van der Waals surface area contributed by atoms with Gasteiger partial charge in [-0.2, -0.15) is 18.3 Å². The summed E-state index contributed by atoms with van der Waals surface area (Å²) in [5, 5.41) is 12.9. The number of anilines is 1. The van der Waals surface area contributed by atoms with Gasteiger partial charge in [0.15, 0.2) is 5.82 Å². The van der Waals surface area contributed by atoms with E-state index in [2.05, 4.69) is 20.8 Å². The van der Waals surface area contributed by atoms with E-state index in [1.54, 1.807) is 23.1 Å². The number of likely N-dealkylation sites (tertiary alicyclic amines) is 1. The van der Waals surface area contributed by atoms with Crippen molar-refractivity contribution in [3.63, 3.8) is 0 Å². The first kappa shape index (κ1) is 31.7. The molecule has 2 aromatic rings. The number of fused-ring (bicyclic) bond motifs is 1. The van der Waals surface area contributed by atoms with Gasteiger partial charge in [0.05, 0.1) is 5.69 Å². The van der Waals surface area contributed by atoms with E-state index in [9.17, 15) is 32.3 Å². The molecule has 4 aliphatic heterocycles. The molecule has 3 saturated heterocycles. The molecular weight excluding hydrogens is 607 g/mol. The molecule has 2 atom stereocenters. The maximum atomic E-state index is 14.2. The van der Waals surface area contributed by atoms with Crippen molar-refractivity contribution in [1.29, 1.82) is 0 Å². The van der Waals surface area contributed by atoms with Gasteiger partial charge >= 0.3 is 12.3 Å². The molecule has 12 nitrogen and oxygen atoms in total. The zero-order valence-electron chi connectivity index (χ0n) is 25.8. The summed E-state index contributed by atoms with van der Waals surface area (Å²) in [7, 11) is 0. The highest BCUT2D eigenvalue weighted by molar-refractivity contribution is 6.05. The number of piperidine rings is 1. The number of carbonyl (C=O) groups excluding carboxylic acids is 4. The minimum atomic E-state index is -4.65. The number of nitrogens with one attached hydrogen (secondary N) is 2. The Morgan fingerprint density at radius 3 is 2.52 bits per heavy atom. The van der Waals surface area contributed by atoms with Gasteiger partial charge in [0.25, 0.3) is 5.91 Å². The number of alkyl halides is 3. The predicted octanol–water partition coefficient (Wildman–Crippen LogP) is 3.08. The SMILES string of the molecule is CC(C)(C)OC(=O)N1CC2(CCN(c3ccc(C(NCc4ccc5c(c4)CN(C4CCC(=O)NC4=O)C5=O)C(F)(F)F)nn3)C2)C1. The van der Waals surface area contributed by atoms with Crippen LogP contribution < -0.4 is 15.5 Å². The highest BCUT2D eigenvalue weighted by atomic mass is 19.4. The maximum absolute atomic E-state index is 14.2. The van der Waals surface area contributed by atoms with Crippen LogP contribution in [0, 0.1) is 5.41 Å². The summed E-state index contributed by atoms with van der Waals surface area (Å²) in [4.78, 5) is 54.1. The van der Waals surface area contributed by atoms with E-state index < -0.39 is 29.8 Å². The van der Waals surface area contributed by atoms with Crippen LogP contribution in [0.1, 0.15) is 73.3 Å². The van der Waals surface area contributed by atoms with Gasteiger partial charge in [-0.15, -0.1) is 5.10 Å². The van der Waals surface area contributed by atoms with Crippen molar-refractivity contribution in [3.8, 4) is 0 Å². The molecule has 0 radical (unpaired) electrons. The van der Waals surface area contributed by atoms with Crippen LogP contribution in [0.15, 0.2) is 30.3 Å². The molecule has 6 rings (SSSR count). The molecule has 0 aliphatic carbocycles. The Balaban J connectivity index is 1.07. The second-order valence-corrected chi connectivity index (χ2v) is 13.6. The molecule has 2 N–H and O–H groups in total. The van der Waals surface area contributed by atoms with Crippen LogP contribution in [0.25, 0.3) is 0 Å². The Morgan fingerprint density at radius 2 is 1.87 bits per heavy atom. The van der Waals surface area contributed by atoms with Crippen LogP contribution in [-0.2, 0) is 27.4 Å². The molecule has 246 valence electrons. The molecule has 0 bridgehead atoms. The molecule has 3 fully saturated rings. The smallest absolute Gasteiger partial charge is 0.410 e. The molecule has 4 amide bonds. The van der Waals surface area contributed by atoms with Gasteiger partial charge in [0, 0.05) is 56.7 Å². The quantitative estimate of drug-likeness (QED) is 0.455. The number of halogens is 3. The van der Waals surface area contributed by atoms with Crippen molar-refractivity contribution in [2.24, 2.45) is 5.41 Å². The van der Waals surface area contributed by atoms with Crippen molar-refractivity contribution in [3.05, 3.63) is 52.7 Å². The lowest BCUT2D eigenvalue weighted by Crippen LogP contribution is -2.60. The monoisotopic (exact) mass is 643 g/mol. The maximum Gasteiger partial charge on any atom is 0.410 e. The molecule has 4 aliphatic rings. The second kappa shape index (κ2) is 11.5. The zero-order valence-corrected chi connectivity index (χ0v) is 25.8. The van der Waals surface area contributed by atoms with Gasteiger partial charge in [-0.3, -0.25) is 25.0 Å². The lowest BCUT2D eigenvalue weighted by Gasteiger charge is -2.47. The van der Waals surface area contributed by atoms with Gasteiger partial charge in [-0.05, 0) is 62.9 Å². The number of aromatic nitrogens is 2. The number of imide groups is 1. The first-order valence-corrected chi connectivity index (χ1v) is 15.2. The lowest BCUT2D eigenvalue weighted by molar-refractivity contribution is -0.159. The van der Waals surface area contributed by atoms with Crippen LogP contribution in [0.4, 0.5) is 23.8 Å². The summed E-state index contributed by atoms with van der Waals surface area (Å²) >= 11 is 0. The van der Waals surface area contributed by atoms with Gasteiger partial charge in [0.2, 0.25) is 11.8 Å². The molecule has 46 heavy (non-hydrogen) atoms. The number of carbonyl (C=O) groups is 4. The Hall–Kier alpha value is -4.27. The molecule has 5 heterocycles. The summed E-state index contributed by atoms with van der Waals surface area (Å²) in [6, 6.07) is 4.79. The zero-order chi connectivity index (χ0) is 33.0. The normalized spacial score (nSPS) is 21.7. The Kier molecular flexibility index (Phi) is 7.93. The molecule has 0 saturated carbocycles. The fraction of sp³-hybridized carbons (Fsp3) is 0.548. The van der Waals surface area contributed by atoms with E-state index in [1.807, 2.05) is 25.7 Å². The Morgan fingerprint density at radius 1 is 1.11 bits per heavy atom. The van der Waals surface area contributed by atoms with E-state index in [0.717, 1.165) is 6.42 Å². The standard InChI is InChI=1S/C31H36F3N7O5/c1-29(2,3)46-28(45)40-16-30(17-40)10-11-39(15-30)23-8-6-21(37-38-23)25(31(32,33)34)35-13-18-4-5-20-19(12-18)14-41(27(20)44)22-7-9-24(42)36-26(22)43/h4-6,8,12,22,25,35H,7,9-11,13-17H2,1-3H3,(H,36,42,43). The van der Waals surface area contributed by atoms with Crippen LogP contribution in [0.5, 0.6) is 0 Å². The minimum Gasteiger partial charge on any atom is -0.444 e. The average molecular weight is 644 g/mol. The van der Waals surface area contributed by atoms with Crippen molar-refractivity contribution < 1.29 is 37.1 Å². The largest absolute Gasteiger partial charge is 0.444 e. The van der Waals surface area contributed by atoms with E-state index in [0.29, 0.717) is 48.7 Å². The second-order valence-electron chi connectivity index (χ2n) is 13.6. The summed E-state index contributed by atoms with van der Waals surface area (Å²) in [5.74, 6) is -0.796. The van der Waals surface area contributed by atoms with E-state index in [1.165, 1.54) is 17.0 Å². The first-order chi connectivity index (χ1) is 21.6. The number of benzene rings is 1. The summed E-state index contributed by atoms with van der Waals surface area (Å²) in [6.45, 7) is 7.78. The third-order valence-corrected chi connectivity index (χ3v) is 8.86. The highest BCUT2D eigenvalue weighted by Gasteiger charge is 2.51. The van der Waals surface area contributed by atoms with Crippen LogP contribution in [0.2, 0.25) is 0 Å². The van der Waals surface area contributed by atoms with Gasteiger partial charge in [-0.1, -0.05) is 12.1 Å². The van der Waals surface area contributed by atoms with Gasteiger partial charge < -0.3 is 19.4 Å². The fourth-order valence-electron chi connectivity index (χ4n) is 6.61. The molecule has 1 aromatic carbocycles. The van der Waals surface area contributed by atoms with Crippen molar-refractivity contribution in [2.45, 2.75) is 77.0 Å². The fourth-order valence-corrected chi connectivity index (χ4v) is 6.61. The summed E-state index contributed by atoms with van der Waals surface area (Å²) < 4.78 is 47.9. The van der Waals surface area contributed by atoms with Crippen LogP contribution in [-0.4, -0.2) is 87.8 Å². The molecule has 15 heteroatoms. The van der Waals surface area contributed by atoms with Crippen LogP contribution >= 0.6 is 0 Å².